The average molecular weight is 507 g/mol. The molecule has 0 radical (unpaired) electrons. The summed E-state index contributed by atoms with van der Waals surface area (Å²) in [7, 11) is 5.36. The van der Waals surface area contributed by atoms with E-state index in [4.69, 9.17) is 14.5 Å². The molecule has 0 aliphatic rings. The van der Waals surface area contributed by atoms with Crippen molar-refractivity contribution in [2.24, 2.45) is 10.9 Å². The van der Waals surface area contributed by atoms with E-state index < -0.39 is 0 Å². The number of nitrogens with one attached hydrogen (secondary N) is 1. The number of methoxy groups -OCH3 is 2. The molecular formula is C21H38IN3O3. The van der Waals surface area contributed by atoms with Gasteiger partial charge in [-0.2, -0.15) is 0 Å². The SMILES string of the molecule is CCCC(CCO)CN=C(NCC)N(C)CCc1ccc(OC)c(OC)c1.I. The van der Waals surface area contributed by atoms with Crippen LogP contribution in [0, 0.1) is 5.92 Å². The summed E-state index contributed by atoms with van der Waals surface area (Å²) in [6, 6.07) is 6.03. The topological polar surface area (TPSA) is 66.3 Å². The summed E-state index contributed by atoms with van der Waals surface area (Å²) in [5, 5.41) is 12.6. The van der Waals surface area contributed by atoms with Crippen molar-refractivity contribution in [3.05, 3.63) is 23.8 Å². The summed E-state index contributed by atoms with van der Waals surface area (Å²) in [6.07, 6.45) is 3.91. The number of hydrogen-bond donors (Lipinski definition) is 2. The lowest BCUT2D eigenvalue weighted by Crippen LogP contribution is -2.40. The maximum absolute atomic E-state index is 9.24. The molecule has 6 nitrogen and oxygen atoms in total. The lowest BCUT2D eigenvalue weighted by Gasteiger charge is -2.23. The number of guanidine groups is 1. The minimum atomic E-state index is 0. The fraction of sp³-hybridized carbons (Fsp3) is 0.667. The lowest BCUT2D eigenvalue weighted by molar-refractivity contribution is 0.253. The second-order valence-electron chi connectivity index (χ2n) is 6.72. The second kappa shape index (κ2) is 15.7. The highest BCUT2D eigenvalue weighted by atomic mass is 127. The van der Waals surface area contributed by atoms with Crippen LogP contribution in [0.1, 0.15) is 38.7 Å². The minimum Gasteiger partial charge on any atom is -0.493 e. The molecule has 0 saturated heterocycles. The Kier molecular flexibility index (Phi) is 15.0. The van der Waals surface area contributed by atoms with Crippen LogP contribution in [0.2, 0.25) is 0 Å². The van der Waals surface area contributed by atoms with Crippen molar-refractivity contribution >= 4 is 29.9 Å². The predicted octanol–water partition coefficient (Wildman–Crippen LogP) is 3.56. The molecule has 0 saturated carbocycles. The fourth-order valence-corrected chi connectivity index (χ4v) is 3.04. The van der Waals surface area contributed by atoms with Crippen LogP contribution in [0.3, 0.4) is 0 Å². The van der Waals surface area contributed by atoms with Crippen molar-refractivity contribution in [3.63, 3.8) is 0 Å². The molecule has 1 aromatic carbocycles. The van der Waals surface area contributed by atoms with Gasteiger partial charge >= 0.3 is 0 Å². The number of rotatable bonds is 12. The molecule has 0 fully saturated rings. The van der Waals surface area contributed by atoms with Gasteiger partial charge in [-0.15, -0.1) is 24.0 Å². The summed E-state index contributed by atoms with van der Waals surface area (Å²) in [5.74, 6) is 2.85. The molecule has 1 aromatic rings. The molecule has 0 aliphatic heterocycles. The van der Waals surface area contributed by atoms with Crippen LogP contribution in [-0.4, -0.2) is 63.5 Å². The smallest absolute Gasteiger partial charge is 0.193 e. The summed E-state index contributed by atoms with van der Waals surface area (Å²) < 4.78 is 10.7. The van der Waals surface area contributed by atoms with Gasteiger partial charge in [-0.3, -0.25) is 4.99 Å². The van der Waals surface area contributed by atoms with E-state index in [0.717, 1.165) is 62.8 Å². The van der Waals surface area contributed by atoms with E-state index in [9.17, 15) is 5.11 Å². The van der Waals surface area contributed by atoms with E-state index in [-0.39, 0.29) is 30.6 Å². The Bertz CT molecular complexity index is 564. The van der Waals surface area contributed by atoms with E-state index in [0.29, 0.717) is 5.92 Å². The van der Waals surface area contributed by atoms with Crippen LogP contribution < -0.4 is 14.8 Å². The largest absolute Gasteiger partial charge is 0.493 e. The number of aliphatic hydroxyl groups excluding tert-OH is 1. The van der Waals surface area contributed by atoms with Crippen molar-refractivity contribution in [1.29, 1.82) is 0 Å². The first-order chi connectivity index (χ1) is 13.1. The van der Waals surface area contributed by atoms with Gasteiger partial charge in [0.15, 0.2) is 17.5 Å². The monoisotopic (exact) mass is 507 g/mol. The molecule has 0 heterocycles. The van der Waals surface area contributed by atoms with Gasteiger partial charge in [0.25, 0.3) is 0 Å². The van der Waals surface area contributed by atoms with Gasteiger partial charge in [0.2, 0.25) is 0 Å². The summed E-state index contributed by atoms with van der Waals surface area (Å²) >= 11 is 0. The van der Waals surface area contributed by atoms with Crippen LogP contribution in [0.5, 0.6) is 11.5 Å². The van der Waals surface area contributed by atoms with Gasteiger partial charge in [-0.05, 0) is 49.8 Å². The Morgan fingerprint density at radius 3 is 2.46 bits per heavy atom. The number of nitrogens with zero attached hydrogens (tertiary/aromatic N) is 2. The molecule has 0 aromatic heterocycles. The molecule has 28 heavy (non-hydrogen) atoms. The molecule has 162 valence electrons. The number of ether oxygens (including phenoxy) is 2. The van der Waals surface area contributed by atoms with Gasteiger partial charge in [-0.1, -0.05) is 19.4 Å². The Morgan fingerprint density at radius 1 is 1.18 bits per heavy atom. The number of aliphatic imine (C=N–C) groups is 1. The molecule has 1 unspecified atom stereocenters. The van der Waals surface area contributed by atoms with Gasteiger partial charge in [0, 0.05) is 33.3 Å². The maximum Gasteiger partial charge on any atom is 0.193 e. The maximum atomic E-state index is 9.24. The average Bonchev–Trinajstić information content (AvgIpc) is 2.69. The van der Waals surface area contributed by atoms with E-state index in [1.807, 2.05) is 12.1 Å². The highest BCUT2D eigenvalue weighted by molar-refractivity contribution is 14.0. The third-order valence-corrected chi connectivity index (χ3v) is 4.61. The first-order valence-corrected chi connectivity index (χ1v) is 9.90. The quantitative estimate of drug-likeness (QED) is 0.257. The molecule has 2 N–H and O–H groups in total. The highest BCUT2D eigenvalue weighted by Gasteiger charge is 2.11. The van der Waals surface area contributed by atoms with E-state index in [2.05, 4.69) is 37.2 Å². The Balaban J connectivity index is 0.00000729. The van der Waals surface area contributed by atoms with Crippen molar-refractivity contribution in [3.8, 4) is 11.5 Å². The normalized spacial score (nSPS) is 12.1. The summed E-state index contributed by atoms with van der Waals surface area (Å²) in [5.41, 5.74) is 1.19. The van der Waals surface area contributed by atoms with E-state index in [1.165, 1.54) is 5.56 Å². The number of halogens is 1. The highest BCUT2D eigenvalue weighted by Crippen LogP contribution is 2.27. The van der Waals surface area contributed by atoms with E-state index in [1.54, 1.807) is 14.2 Å². The Hall–Kier alpha value is -1.22. The van der Waals surface area contributed by atoms with Crippen LogP contribution in [0.25, 0.3) is 0 Å². The molecule has 0 spiro atoms. The van der Waals surface area contributed by atoms with Crippen molar-refractivity contribution in [2.75, 3.05) is 47.5 Å². The predicted molar refractivity (Wildman–Crippen MR) is 127 cm³/mol. The molecule has 0 aliphatic carbocycles. The molecular weight excluding hydrogens is 469 g/mol. The lowest BCUT2D eigenvalue weighted by atomic mass is 10.0. The fourth-order valence-electron chi connectivity index (χ4n) is 3.04. The molecule has 0 amide bonds. The van der Waals surface area contributed by atoms with Crippen LogP contribution in [0.15, 0.2) is 23.2 Å². The summed E-state index contributed by atoms with van der Waals surface area (Å²) in [6.45, 7) is 6.91. The van der Waals surface area contributed by atoms with Gasteiger partial charge in [0.1, 0.15) is 0 Å². The van der Waals surface area contributed by atoms with E-state index >= 15 is 0 Å². The zero-order valence-electron chi connectivity index (χ0n) is 18.0. The first-order valence-electron chi connectivity index (χ1n) is 9.90. The minimum absolute atomic E-state index is 0. The van der Waals surface area contributed by atoms with Crippen molar-refractivity contribution in [1.82, 2.24) is 10.2 Å². The third kappa shape index (κ3) is 9.32. The second-order valence-corrected chi connectivity index (χ2v) is 6.72. The first kappa shape index (κ1) is 26.8. The van der Waals surface area contributed by atoms with Crippen LogP contribution in [0.4, 0.5) is 0 Å². The van der Waals surface area contributed by atoms with Gasteiger partial charge in [0.05, 0.1) is 14.2 Å². The molecule has 1 atom stereocenters. The van der Waals surface area contributed by atoms with Crippen molar-refractivity contribution < 1.29 is 14.6 Å². The third-order valence-electron chi connectivity index (χ3n) is 4.61. The Labute approximate surface area is 187 Å². The zero-order valence-corrected chi connectivity index (χ0v) is 20.4. The number of aliphatic hydroxyl groups is 1. The molecule has 1 rings (SSSR count). The van der Waals surface area contributed by atoms with Gasteiger partial charge < -0.3 is 24.8 Å². The zero-order chi connectivity index (χ0) is 20.1. The number of likely N-dealkylation sites (N-methyl/N-ethyl adjacent to an activating group) is 1. The number of benzene rings is 1. The summed E-state index contributed by atoms with van der Waals surface area (Å²) in [4.78, 5) is 6.95. The Morgan fingerprint density at radius 2 is 1.89 bits per heavy atom. The molecule has 7 heteroatoms. The van der Waals surface area contributed by atoms with Crippen molar-refractivity contribution in [2.45, 2.75) is 39.5 Å². The molecule has 0 bridgehead atoms. The number of hydrogen-bond acceptors (Lipinski definition) is 4. The standard InChI is InChI=1S/C21H37N3O3.HI/c1-6-8-18(12-14-25)16-23-21(22-7-2)24(3)13-11-17-9-10-19(26-4)20(15-17)27-5;/h9-10,15,18,25H,6-8,11-14,16H2,1-5H3,(H,22,23);1H. The van der Waals surface area contributed by atoms with Gasteiger partial charge in [-0.25, -0.2) is 0 Å². The van der Waals surface area contributed by atoms with Crippen LogP contribution >= 0.6 is 24.0 Å². The van der Waals surface area contributed by atoms with Crippen LogP contribution in [-0.2, 0) is 6.42 Å².